The van der Waals surface area contributed by atoms with Gasteiger partial charge in [0.2, 0.25) is 11.9 Å². The Kier molecular flexibility index (Phi) is 6.69. The van der Waals surface area contributed by atoms with Crippen molar-refractivity contribution in [3.63, 3.8) is 0 Å². The first-order chi connectivity index (χ1) is 15.8. The molecule has 0 unspecified atom stereocenters. The average Bonchev–Trinajstić information content (AvgIpc) is 3.29. The van der Waals surface area contributed by atoms with Gasteiger partial charge in [-0.05, 0) is 48.7 Å². The van der Waals surface area contributed by atoms with Crippen LogP contribution in [0.2, 0.25) is 5.02 Å². The Hall–Kier alpha value is -3.33. The third-order valence-corrected chi connectivity index (χ3v) is 5.67. The van der Waals surface area contributed by atoms with E-state index < -0.39 is 17.8 Å². The summed E-state index contributed by atoms with van der Waals surface area (Å²) in [6.45, 7) is 0.754. The maximum absolute atomic E-state index is 12.8. The smallest absolute Gasteiger partial charge is 0.350 e. The first kappa shape index (κ1) is 22.8. The highest BCUT2D eigenvalue weighted by Gasteiger charge is 2.33. The molecule has 0 saturated carbocycles. The Morgan fingerprint density at radius 1 is 1.12 bits per heavy atom. The van der Waals surface area contributed by atoms with E-state index in [0.29, 0.717) is 41.0 Å². The van der Waals surface area contributed by atoms with E-state index >= 15 is 0 Å². The second-order valence-electron chi connectivity index (χ2n) is 7.61. The maximum atomic E-state index is 12.8. The standard InChI is InChI=1S/C23H21ClF3N5O/c24-17-4-1-2-5-18(17)30-20-11-12-28-22(31-20)32-13-3-6-19(32)21(33)29-14-15-7-9-16(10-8-15)23(25,26)27/h1-2,4-5,7-12,19H,3,6,13-14H2,(H,29,33)(H,28,30,31)/t19-/m0/s1. The van der Waals surface area contributed by atoms with Crippen molar-refractivity contribution in [2.45, 2.75) is 31.6 Å². The fraction of sp³-hybridized carbons (Fsp3) is 0.261. The second-order valence-corrected chi connectivity index (χ2v) is 8.02. The Balaban J connectivity index is 1.41. The topological polar surface area (TPSA) is 70.2 Å². The zero-order chi connectivity index (χ0) is 23.4. The summed E-state index contributed by atoms with van der Waals surface area (Å²) in [6.07, 6.45) is -1.35. The zero-order valence-corrected chi connectivity index (χ0v) is 18.2. The SMILES string of the molecule is O=C(NCc1ccc(C(F)(F)F)cc1)[C@@H]1CCCN1c1nccc(Nc2ccccc2Cl)n1. The minimum Gasteiger partial charge on any atom is -0.350 e. The Bertz CT molecular complexity index is 1120. The Morgan fingerprint density at radius 2 is 1.88 bits per heavy atom. The largest absolute Gasteiger partial charge is 0.416 e. The lowest BCUT2D eigenvalue weighted by atomic mass is 10.1. The molecule has 1 aromatic heterocycles. The number of nitrogens with one attached hydrogen (secondary N) is 2. The van der Waals surface area contributed by atoms with Crippen molar-refractivity contribution in [1.82, 2.24) is 15.3 Å². The molecule has 6 nitrogen and oxygen atoms in total. The molecule has 172 valence electrons. The molecule has 4 rings (SSSR count). The number of para-hydroxylation sites is 1. The molecule has 1 saturated heterocycles. The summed E-state index contributed by atoms with van der Waals surface area (Å²) in [6, 6.07) is 13.3. The summed E-state index contributed by atoms with van der Waals surface area (Å²) >= 11 is 6.20. The van der Waals surface area contributed by atoms with E-state index in [1.165, 1.54) is 12.1 Å². The molecule has 33 heavy (non-hydrogen) atoms. The van der Waals surface area contributed by atoms with Gasteiger partial charge in [-0.3, -0.25) is 4.79 Å². The summed E-state index contributed by atoms with van der Waals surface area (Å²) in [5.74, 6) is 0.739. The first-order valence-electron chi connectivity index (χ1n) is 10.4. The molecule has 2 heterocycles. The van der Waals surface area contributed by atoms with Gasteiger partial charge < -0.3 is 15.5 Å². The van der Waals surface area contributed by atoms with Crippen molar-refractivity contribution in [3.8, 4) is 0 Å². The first-order valence-corrected chi connectivity index (χ1v) is 10.7. The number of benzene rings is 2. The van der Waals surface area contributed by atoms with Gasteiger partial charge in [0.25, 0.3) is 0 Å². The van der Waals surface area contributed by atoms with Gasteiger partial charge in [0, 0.05) is 19.3 Å². The molecule has 1 aliphatic heterocycles. The van der Waals surface area contributed by atoms with Gasteiger partial charge in [-0.15, -0.1) is 0 Å². The van der Waals surface area contributed by atoms with Crippen molar-refractivity contribution in [3.05, 3.63) is 76.9 Å². The minimum absolute atomic E-state index is 0.135. The number of amides is 1. The number of hydrogen-bond donors (Lipinski definition) is 2. The van der Waals surface area contributed by atoms with E-state index in [1.807, 2.05) is 23.1 Å². The van der Waals surface area contributed by atoms with Crippen LogP contribution in [-0.4, -0.2) is 28.5 Å². The van der Waals surface area contributed by atoms with E-state index in [4.69, 9.17) is 11.6 Å². The molecular weight excluding hydrogens is 455 g/mol. The summed E-state index contributed by atoms with van der Waals surface area (Å²) in [5, 5.41) is 6.52. The molecule has 0 aliphatic carbocycles. The van der Waals surface area contributed by atoms with E-state index in [9.17, 15) is 18.0 Å². The fourth-order valence-corrected chi connectivity index (χ4v) is 3.84. The van der Waals surface area contributed by atoms with Gasteiger partial charge >= 0.3 is 6.18 Å². The van der Waals surface area contributed by atoms with Crippen LogP contribution < -0.4 is 15.5 Å². The van der Waals surface area contributed by atoms with Crippen molar-refractivity contribution >= 4 is 35.0 Å². The van der Waals surface area contributed by atoms with Gasteiger partial charge in [0.1, 0.15) is 11.9 Å². The third-order valence-electron chi connectivity index (χ3n) is 5.34. The molecule has 1 amide bonds. The molecule has 2 aromatic carbocycles. The highest BCUT2D eigenvalue weighted by atomic mass is 35.5. The average molecular weight is 476 g/mol. The number of halogens is 4. The van der Waals surface area contributed by atoms with Crippen LogP contribution in [0.1, 0.15) is 24.0 Å². The summed E-state index contributed by atoms with van der Waals surface area (Å²) in [4.78, 5) is 23.5. The predicted octanol–water partition coefficient (Wildman–Crippen LogP) is 5.18. The molecule has 0 bridgehead atoms. The summed E-state index contributed by atoms with van der Waals surface area (Å²) < 4.78 is 38.1. The highest BCUT2D eigenvalue weighted by molar-refractivity contribution is 6.33. The highest BCUT2D eigenvalue weighted by Crippen LogP contribution is 2.29. The zero-order valence-electron chi connectivity index (χ0n) is 17.4. The van der Waals surface area contributed by atoms with E-state index in [0.717, 1.165) is 18.6 Å². The lowest BCUT2D eigenvalue weighted by molar-refractivity contribution is -0.137. The monoisotopic (exact) mass is 475 g/mol. The van der Waals surface area contributed by atoms with Crippen LogP contribution in [-0.2, 0) is 17.5 Å². The number of aromatic nitrogens is 2. The van der Waals surface area contributed by atoms with Gasteiger partial charge in [-0.2, -0.15) is 18.2 Å². The Labute approximate surface area is 193 Å². The van der Waals surface area contributed by atoms with Crippen LogP contribution in [0.15, 0.2) is 60.8 Å². The molecule has 1 aliphatic rings. The van der Waals surface area contributed by atoms with Gasteiger partial charge in [-0.25, -0.2) is 4.98 Å². The second kappa shape index (κ2) is 9.66. The van der Waals surface area contributed by atoms with Crippen LogP contribution in [0, 0.1) is 0 Å². The number of alkyl halides is 3. The van der Waals surface area contributed by atoms with Crippen molar-refractivity contribution in [1.29, 1.82) is 0 Å². The van der Waals surface area contributed by atoms with Crippen molar-refractivity contribution < 1.29 is 18.0 Å². The molecule has 1 atom stereocenters. The van der Waals surface area contributed by atoms with Crippen LogP contribution in [0.3, 0.4) is 0 Å². The number of rotatable bonds is 6. The van der Waals surface area contributed by atoms with E-state index in [2.05, 4.69) is 20.6 Å². The molecule has 2 N–H and O–H groups in total. The lowest BCUT2D eigenvalue weighted by Crippen LogP contribution is -2.43. The van der Waals surface area contributed by atoms with Crippen molar-refractivity contribution in [2.24, 2.45) is 0 Å². The molecule has 1 fully saturated rings. The van der Waals surface area contributed by atoms with Crippen LogP contribution in [0.25, 0.3) is 0 Å². The third kappa shape index (κ3) is 5.54. The van der Waals surface area contributed by atoms with Crippen LogP contribution in [0.4, 0.5) is 30.6 Å². The van der Waals surface area contributed by atoms with E-state index in [-0.39, 0.29) is 12.5 Å². The number of nitrogens with zero attached hydrogens (tertiary/aromatic N) is 3. The molecule has 3 aromatic rings. The summed E-state index contributed by atoms with van der Waals surface area (Å²) in [7, 11) is 0. The lowest BCUT2D eigenvalue weighted by Gasteiger charge is -2.24. The van der Waals surface area contributed by atoms with Crippen LogP contribution >= 0.6 is 11.6 Å². The number of carbonyl (C=O) groups excluding carboxylic acids is 1. The number of carbonyl (C=O) groups is 1. The number of hydrogen-bond acceptors (Lipinski definition) is 5. The number of anilines is 3. The van der Waals surface area contributed by atoms with Crippen LogP contribution in [0.5, 0.6) is 0 Å². The summed E-state index contributed by atoms with van der Waals surface area (Å²) in [5.41, 5.74) is 0.570. The predicted molar refractivity (Wildman–Crippen MR) is 120 cm³/mol. The van der Waals surface area contributed by atoms with Crippen molar-refractivity contribution in [2.75, 3.05) is 16.8 Å². The molecule has 10 heteroatoms. The molecular formula is C23H21ClF3N5O. The Morgan fingerprint density at radius 3 is 2.61 bits per heavy atom. The van der Waals surface area contributed by atoms with Gasteiger partial charge in [-0.1, -0.05) is 35.9 Å². The molecule has 0 spiro atoms. The normalized spacial score (nSPS) is 16.0. The minimum atomic E-state index is -4.39. The quantitative estimate of drug-likeness (QED) is 0.514. The van der Waals surface area contributed by atoms with Gasteiger partial charge in [0.05, 0.1) is 16.3 Å². The fourth-order valence-electron chi connectivity index (χ4n) is 3.65. The van der Waals surface area contributed by atoms with Gasteiger partial charge in [0.15, 0.2) is 0 Å². The van der Waals surface area contributed by atoms with E-state index in [1.54, 1.807) is 18.3 Å². The molecule has 0 radical (unpaired) electrons. The maximum Gasteiger partial charge on any atom is 0.416 e.